The first-order chi connectivity index (χ1) is 6.24. The maximum absolute atomic E-state index is 11.2. The van der Waals surface area contributed by atoms with Crippen LogP contribution < -0.4 is 5.32 Å². The maximum Gasteiger partial charge on any atom is 0.250 e. The zero-order chi connectivity index (χ0) is 9.68. The fraction of sp³-hybridized carbons (Fsp3) is 0.250. The molecule has 0 aliphatic carbocycles. The Balaban J connectivity index is 2.55. The van der Waals surface area contributed by atoms with Gasteiger partial charge in [-0.25, -0.2) is 0 Å². The van der Waals surface area contributed by atoms with Crippen molar-refractivity contribution >= 4 is 23.5 Å². The van der Waals surface area contributed by atoms with Gasteiger partial charge in [-0.3, -0.25) is 9.89 Å². The molecule has 0 aliphatic rings. The molecule has 0 bridgehead atoms. The van der Waals surface area contributed by atoms with Crippen molar-refractivity contribution in [3.8, 4) is 0 Å². The van der Waals surface area contributed by atoms with Crippen molar-refractivity contribution in [1.82, 2.24) is 10.2 Å². The number of carbonyl (C=O) groups excluding carboxylic acids is 1. The molecule has 5 heteroatoms. The van der Waals surface area contributed by atoms with Gasteiger partial charge in [0.25, 0.3) is 0 Å². The van der Waals surface area contributed by atoms with Crippen molar-refractivity contribution in [3.05, 3.63) is 23.2 Å². The Labute approximate surface area is 80.8 Å². The Morgan fingerprint density at radius 2 is 2.54 bits per heavy atom. The molecule has 1 aromatic rings. The molecule has 13 heavy (non-hydrogen) atoms. The number of hydrogen-bond donors (Lipinski definition) is 2. The van der Waals surface area contributed by atoms with Crippen LogP contribution in [0.15, 0.2) is 17.7 Å². The number of carbonyl (C=O) groups is 1. The molecule has 4 nitrogen and oxygen atoms in total. The van der Waals surface area contributed by atoms with Crippen LogP contribution in [0, 0.1) is 6.92 Å². The summed E-state index contributed by atoms with van der Waals surface area (Å²) in [5.74, 6) is 0.498. The summed E-state index contributed by atoms with van der Waals surface area (Å²) in [4.78, 5) is 11.2. The number of aromatic nitrogens is 2. The van der Waals surface area contributed by atoms with E-state index in [9.17, 15) is 4.79 Å². The lowest BCUT2D eigenvalue weighted by Gasteiger charge is -1.98. The molecule has 0 radical (unpaired) electrons. The SMILES string of the molecule is CS/C=C/C(=O)Nc1[nH]ncc1C. The molecule has 0 aromatic carbocycles. The topological polar surface area (TPSA) is 57.8 Å². The number of hydrogen-bond acceptors (Lipinski definition) is 3. The highest BCUT2D eigenvalue weighted by Gasteiger charge is 2.01. The Morgan fingerprint density at radius 1 is 1.77 bits per heavy atom. The third-order valence-corrected chi connectivity index (χ3v) is 1.84. The summed E-state index contributed by atoms with van der Waals surface area (Å²) in [6.45, 7) is 1.87. The summed E-state index contributed by atoms with van der Waals surface area (Å²) in [5, 5.41) is 10.9. The molecule has 0 spiro atoms. The summed E-state index contributed by atoms with van der Waals surface area (Å²) >= 11 is 1.48. The second-order valence-corrected chi connectivity index (χ2v) is 3.20. The Morgan fingerprint density at radius 3 is 3.08 bits per heavy atom. The maximum atomic E-state index is 11.2. The van der Waals surface area contributed by atoms with Crippen LogP contribution in [0.4, 0.5) is 5.82 Å². The van der Waals surface area contributed by atoms with Gasteiger partial charge in [-0.05, 0) is 18.6 Å². The molecule has 70 valence electrons. The van der Waals surface area contributed by atoms with E-state index in [0.717, 1.165) is 5.56 Å². The standard InChI is InChI=1S/C8H11N3OS/c1-6-5-9-11-8(6)10-7(12)3-4-13-2/h3-5H,1-2H3,(H2,9,10,11,12)/b4-3+. The van der Waals surface area contributed by atoms with Crippen molar-refractivity contribution < 1.29 is 4.79 Å². The number of thioether (sulfide) groups is 1. The van der Waals surface area contributed by atoms with E-state index in [2.05, 4.69) is 15.5 Å². The van der Waals surface area contributed by atoms with E-state index in [0.29, 0.717) is 5.82 Å². The Kier molecular flexibility index (Phi) is 3.57. The zero-order valence-electron chi connectivity index (χ0n) is 7.50. The van der Waals surface area contributed by atoms with E-state index < -0.39 is 0 Å². The van der Waals surface area contributed by atoms with Gasteiger partial charge in [-0.1, -0.05) is 0 Å². The number of aromatic amines is 1. The minimum absolute atomic E-state index is 0.151. The van der Waals surface area contributed by atoms with Gasteiger partial charge in [0.05, 0.1) is 6.20 Å². The average Bonchev–Trinajstić information content (AvgIpc) is 2.48. The van der Waals surface area contributed by atoms with Crippen molar-refractivity contribution in [3.63, 3.8) is 0 Å². The molecule has 1 aromatic heterocycles. The predicted octanol–water partition coefficient (Wildman–Crippen LogP) is 1.53. The lowest BCUT2D eigenvalue weighted by Crippen LogP contribution is -2.08. The number of H-pyrrole nitrogens is 1. The first kappa shape index (κ1) is 9.85. The smallest absolute Gasteiger partial charge is 0.250 e. The van der Waals surface area contributed by atoms with E-state index in [1.165, 1.54) is 17.8 Å². The lowest BCUT2D eigenvalue weighted by atomic mass is 10.4. The summed E-state index contributed by atoms with van der Waals surface area (Å²) in [6, 6.07) is 0. The zero-order valence-corrected chi connectivity index (χ0v) is 8.31. The highest BCUT2D eigenvalue weighted by atomic mass is 32.2. The lowest BCUT2D eigenvalue weighted by molar-refractivity contribution is -0.111. The Hall–Kier alpha value is -1.23. The quantitative estimate of drug-likeness (QED) is 0.722. The fourth-order valence-electron chi connectivity index (χ4n) is 0.768. The van der Waals surface area contributed by atoms with Crippen LogP contribution in [-0.4, -0.2) is 22.4 Å². The molecule has 1 rings (SSSR count). The third-order valence-electron chi connectivity index (χ3n) is 1.43. The van der Waals surface area contributed by atoms with Gasteiger partial charge in [-0.2, -0.15) is 5.10 Å². The van der Waals surface area contributed by atoms with E-state index in [1.54, 1.807) is 11.6 Å². The molecule has 0 aliphatic heterocycles. The molecule has 0 atom stereocenters. The van der Waals surface area contributed by atoms with Gasteiger partial charge >= 0.3 is 0 Å². The molecule has 1 amide bonds. The minimum atomic E-state index is -0.151. The van der Waals surface area contributed by atoms with Gasteiger partial charge < -0.3 is 5.32 Å². The predicted molar refractivity (Wildman–Crippen MR) is 54.6 cm³/mol. The van der Waals surface area contributed by atoms with Crippen LogP contribution in [-0.2, 0) is 4.79 Å². The van der Waals surface area contributed by atoms with E-state index in [4.69, 9.17) is 0 Å². The summed E-state index contributed by atoms with van der Waals surface area (Å²) in [6.07, 6.45) is 5.03. The number of rotatable bonds is 3. The summed E-state index contributed by atoms with van der Waals surface area (Å²) < 4.78 is 0. The molecule has 1 heterocycles. The molecular formula is C8H11N3OS. The van der Waals surface area contributed by atoms with Crippen LogP contribution in [0.5, 0.6) is 0 Å². The second kappa shape index (κ2) is 4.71. The van der Waals surface area contributed by atoms with Gasteiger partial charge in [-0.15, -0.1) is 11.8 Å². The molecule has 2 N–H and O–H groups in total. The van der Waals surface area contributed by atoms with Crippen LogP contribution >= 0.6 is 11.8 Å². The van der Waals surface area contributed by atoms with Gasteiger partial charge in [0, 0.05) is 11.6 Å². The van der Waals surface area contributed by atoms with Crippen molar-refractivity contribution in [1.29, 1.82) is 0 Å². The number of anilines is 1. The fourth-order valence-corrected chi connectivity index (χ4v) is 1.03. The highest BCUT2D eigenvalue weighted by molar-refractivity contribution is 8.01. The first-order valence-electron chi connectivity index (χ1n) is 3.74. The number of nitrogens with one attached hydrogen (secondary N) is 2. The number of amides is 1. The molecule has 0 saturated heterocycles. The summed E-state index contributed by atoms with van der Waals surface area (Å²) in [5.41, 5.74) is 0.922. The Bertz CT molecular complexity index is 319. The van der Waals surface area contributed by atoms with Crippen LogP contribution in [0.1, 0.15) is 5.56 Å². The first-order valence-corrected chi connectivity index (χ1v) is 5.03. The minimum Gasteiger partial charge on any atom is -0.307 e. The molecule has 0 fully saturated rings. The number of aryl methyl sites for hydroxylation is 1. The molecule has 0 saturated carbocycles. The molecular weight excluding hydrogens is 186 g/mol. The van der Waals surface area contributed by atoms with E-state index in [-0.39, 0.29) is 5.91 Å². The van der Waals surface area contributed by atoms with Crippen molar-refractivity contribution in [2.75, 3.05) is 11.6 Å². The average molecular weight is 197 g/mol. The van der Waals surface area contributed by atoms with Gasteiger partial charge in [0.2, 0.25) is 5.91 Å². The molecule has 0 unspecified atom stereocenters. The van der Waals surface area contributed by atoms with Crippen molar-refractivity contribution in [2.45, 2.75) is 6.92 Å². The van der Waals surface area contributed by atoms with Crippen molar-refractivity contribution in [2.24, 2.45) is 0 Å². The van der Waals surface area contributed by atoms with E-state index in [1.807, 2.05) is 13.2 Å². The van der Waals surface area contributed by atoms with Crippen LogP contribution in [0.2, 0.25) is 0 Å². The normalized spacial score (nSPS) is 10.6. The van der Waals surface area contributed by atoms with E-state index >= 15 is 0 Å². The van der Waals surface area contributed by atoms with Gasteiger partial charge in [0.1, 0.15) is 5.82 Å². The monoisotopic (exact) mass is 197 g/mol. The largest absolute Gasteiger partial charge is 0.307 e. The third kappa shape index (κ3) is 2.95. The second-order valence-electron chi connectivity index (χ2n) is 2.46. The summed E-state index contributed by atoms with van der Waals surface area (Å²) in [7, 11) is 0. The van der Waals surface area contributed by atoms with Crippen LogP contribution in [0.25, 0.3) is 0 Å². The van der Waals surface area contributed by atoms with Gasteiger partial charge in [0.15, 0.2) is 0 Å². The van der Waals surface area contributed by atoms with Crippen LogP contribution in [0.3, 0.4) is 0 Å². The highest BCUT2D eigenvalue weighted by Crippen LogP contribution is 2.08. The number of nitrogens with zero attached hydrogens (tertiary/aromatic N) is 1.